The van der Waals surface area contributed by atoms with E-state index < -0.39 is 70.8 Å². The third-order valence-electron chi connectivity index (χ3n) is 4.28. The molecule has 0 radical (unpaired) electrons. The average molecular weight is 467 g/mol. The lowest BCUT2D eigenvalue weighted by molar-refractivity contribution is -0.135. The zero-order chi connectivity index (χ0) is 23.4. The second kappa shape index (κ2) is 9.75. The smallest absolute Gasteiger partial charge is 0.375 e. The molecule has 13 heteroatoms. The van der Waals surface area contributed by atoms with Crippen LogP contribution in [0.5, 0.6) is 0 Å². The summed E-state index contributed by atoms with van der Waals surface area (Å²) in [5.74, 6) is -3.94. The number of benzene rings is 1. The van der Waals surface area contributed by atoms with Crippen molar-refractivity contribution >= 4 is 29.5 Å². The van der Waals surface area contributed by atoms with Gasteiger partial charge >= 0.3 is 5.51 Å². The molecular weight excluding hydrogens is 449 g/mol. The van der Waals surface area contributed by atoms with E-state index in [1.165, 1.54) is 0 Å². The number of ether oxygens (including phenoxy) is 1. The van der Waals surface area contributed by atoms with Crippen molar-refractivity contribution in [2.24, 2.45) is 0 Å². The molecular formula is C18H18F5N3O4S. The van der Waals surface area contributed by atoms with E-state index in [1.807, 2.05) is 0 Å². The van der Waals surface area contributed by atoms with Crippen LogP contribution in [0.25, 0.3) is 0 Å². The summed E-state index contributed by atoms with van der Waals surface area (Å²) in [4.78, 5) is 24.2. The summed E-state index contributed by atoms with van der Waals surface area (Å²) >= 11 is -0.739. The summed E-state index contributed by atoms with van der Waals surface area (Å²) in [6.07, 6.45) is -1.22. The zero-order valence-corrected chi connectivity index (χ0v) is 16.6. The molecule has 7 nitrogen and oxygen atoms in total. The van der Waals surface area contributed by atoms with Crippen LogP contribution in [-0.2, 0) is 14.3 Å². The standard InChI is InChI=1S/C18H18F5N3O4S/c1-2-17(29,7-13(24)9-3-10(19)5-11(20)4-9)16(28)25-12-6-14(30-8-12)15(27)26-31-18(21,22)23/h2-5,12,14,24,29H,1,6-8H2,(H,25,28)(H,26,27)/t12-,14-,17?/m1/s1. The maximum absolute atomic E-state index is 13.3. The van der Waals surface area contributed by atoms with E-state index >= 15 is 0 Å². The van der Waals surface area contributed by atoms with Crippen molar-refractivity contribution < 1.29 is 41.4 Å². The number of nitrogens with one attached hydrogen (secondary N) is 3. The molecule has 2 rings (SSSR count). The largest absolute Gasteiger partial charge is 0.461 e. The molecule has 1 aliphatic heterocycles. The van der Waals surface area contributed by atoms with Gasteiger partial charge in [0, 0.05) is 30.2 Å². The molecule has 170 valence electrons. The average Bonchev–Trinajstić information content (AvgIpc) is 3.13. The number of aliphatic hydroxyl groups is 1. The van der Waals surface area contributed by atoms with Crippen LogP contribution in [0.4, 0.5) is 22.0 Å². The van der Waals surface area contributed by atoms with Gasteiger partial charge in [0.1, 0.15) is 17.7 Å². The molecule has 4 N–H and O–H groups in total. The number of halogens is 5. The molecule has 0 bridgehead atoms. The molecule has 31 heavy (non-hydrogen) atoms. The van der Waals surface area contributed by atoms with E-state index in [9.17, 15) is 36.6 Å². The van der Waals surface area contributed by atoms with E-state index in [-0.39, 0.29) is 18.6 Å². The fourth-order valence-corrected chi connectivity index (χ4v) is 3.09. The number of carbonyl (C=O) groups excluding carboxylic acids is 2. The van der Waals surface area contributed by atoms with E-state index in [2.05, 4.69) is 11.9 Å². The molecule has 1 aliphatic rings. The van der Waals surface area contributed by atoms with Crippen molar-refractivity contribution in [1.29, 1.82) is 5.41 Å². The van der Waals surface area contributed by atoms with Crippen LogP contribution in [-0.4, -0.2) is 52.5 Å². The minimum absolute atomic E-state index is 0.157. The first-order chi connectivity index (χ1) is 14.3. The Bertz CT molecular complexity index is 862. The Morgan fingerprint density at radius 3 is 2.45 bits per heavy atom. The van der Waals surface area contributed by atoms with Gasteiger partial charge in [-0.05, 0) is 12.1 Å². The van der Waals surface area contributed by atoms with Gasteiger partial charge in [-0.25, -0.2) is 8.78 Å². The molecule has 0 spiro atoms. The molecule has 1 aromatic carbocycles. The van der Waals surface area contributed by atoms with Crippen molar-refractivity contribution in [3.8, 4) is 0 Å². The fraction of sp³-hybridized carbons (Fsp3) is 0.389. The molecule has 0 aliphatic carbocycles. The van der Waals surface area contributed by atoms with Gasteiger partial charge in [-0.1, -0.05) is 12.7 Å². The zero-order valence-electron chi connectivity index (χ0n) is 15.8. The minimum Gasteiger partial charge on any atom is -0.375 e. The maximum Gasteiger partial charge on any atom is 0.461 e. The number of hydrogen-bond acceptors (Lipinski definition) is 6. The van der Waals surface area contributed by atoms with E-state index in [1.54, 1.807) is 4.72 Å². The molecule has 1 unspecified atom stereocenters. The fourth-order valence-electron chi connectivity index (χ4n) is 2.74. The van der Waals surface area contributed by atoms with Crippen molar-refractivity contribution in [2.75, 3.05) is 6.61 Å². The van der Waals surface area contributed by atoms with Crippen LogP contribution >= 0.6 is 11.9 Å². The highest BCUT2D eigenvalue weighted by Gasteiger charge is 2.39. The SMILES string of the molecule is C=CC(O)(CC(=N)c1cc(F)cc(F)c1)C(=O)N[C@H]1CO[C@@H](C(=O)NSC(F)(F)F)C1. The van der Waals surface area contributed by atoms with Crippen LogP contribution in [0.15, 0.2) is 30.9 Å². The highest BCUT2D eigenvalue weighted by Crippen LogP contribution is 2.28. The first kappa shape index (κ1) is 24.8. The lowest BCUT2D eigenvalue weighted by Crippen LogP contribution is -2.50. The van der Waals surface area contributed by atoms with Gasteiger partial charge < -0.3 is 20.6 Å². The van der Waals surface area contributed by atoms with Gasteiger partial charge in [-0.3, -0.25) is 14.3 Å². The number of rotatable bonds is 8. The van der Waals surface area contributed by atoms with E-state index in [4.69, 9.17) is 10.1 Å². The maximum atomic E-state index is 13.3. The Balaban J connectivity index is 1.97. The minimum atomic E-state index is -4.67. The Kier molecular flexibility index (Phi) is 7.78. The van der Waals surface area contributed by atoms with E-state index in [0.29, 0.717) is 6.07 Å². The van der Waals surface area contributed by atoms with Crippen LogP contribution in [0, 0.1) is 17.0 Å². The first-order valence-corrected chi connectivity index (χ1v) is 9.51. The molecule has 1 aromatic rings. The van der Waals surface area contributed by atoms with Gasteiger partial charge in [-0.15, -0.1) is 0 Å². The Labute approximate surface area is 177 Å². The van der Waals surface area contributed by atoms with Crippen molar-refractivity contribution in [3.63, 3.8) is 0 Å². The summed E-state index contributed by atoms with van der Waals surface area (Å²) in [6, 6.07) is 1.51. The van der Waals surface area contributed by atoms with Gasteiger partial charge in [0.15, 0.2) is 5.60 Å². The number of alkyl halides is 3. The summed E-state index contributed by atoms with van der Waals surface area (Å²) < 4.78 is 69.8. The van der Waals surface area contributed by atoms with Gasteiger partial charge in [0.25, 0.3) is 11.8 Å². The molecule has 1 saturated heterocycles. The number of hydrogen-bond donors (Lipinski definition) is 4. The number of carbonyl (C=O) groups is 2. The van der Waals surface area contributed by atoms with Gasteiger partial charge in [0.2, 0.25) is 0 Å². The first-order valence-electron chi connectivity index (χ1n) is 8.70. The summed E-state index contributed by atoms with van der Waals surface area (Å²) in [6.45, 7) is 3.13. The molecule has 3 atom stereocenters. The Morgan fingerprint density at radius 2 is 1.90 bits per heavy atom. The normalized spacial score (nSPS) is 20.6. The molecule has 1 fully saturated rings. The molecule has 0 saturated carbocycles. The summed E-state index contributed by atoms with van der Waals surface area (Å²) in [5.41, 5.74) is -7.63. The highest BCUT2D eigenvalue weighted by atomic mass is 32.2. The second-order valence-electron chi connectivity index (χ2n) is 6.68. The third-order valence-corrected chi connectivity index (χ3v) is 4.82. The van der Waals surface area contributed by atoms with Gasteiger partial charge in [0.05, 0.1) is 24.6 Å². The highest BCUT2D eigenvalue weighted by molar-refractivity contribution is 7.98. The van der Waals surface area contributed by atoms with Crippen molar-refractivity contribution in [1.82, 2.24) is 10.0 Å². The van der Waals surface area contributed by atoms with Crippen LogP contribution < -0.4 is 10.0 Å². The second-order valence-corrected chi connectivity index (χ2v) is 7.56. The molecule has 1 heterocycles. The van der Waals surface area contributed by atoms with Crippen LogP contribution in [0.1, 0.15) is 18.4 Å². The monoisotopic (exact) mass is 467 g/mol. The quantitative estimate of drug-likeness (QED) is 0.203. The van der Waals surface area contributed by atoms with E-state index in [0.717, 1.165) is 18.2 Å². The van der Waals surface area contributed by atoms with Crippen molar-refractivity contribution in [2.45, 2.75) is 36.1 Å². The Morgan fingerprint density at radius 1 is 1.29 bits per heavy atom. The van der Waals surface area contributed by atoms with Crippen LogP contribution in [0.2, 0.25) is 0 Å². The molecule has 0 aromatic heterocycles. The van der Waals surface area contributed by atoms with Crippen LogP contribution in [0.3, 0.4) is 0 Å². The Hall–Kier alpha value is -2.51. The number of amides is 2. The van der Waals surface area contributed by atoms with Gasteiger partial charge in [-0.2, -0.15) is 13.2 Å². The lowest BCUT2D eigenvalue weighted by Gasteiger charge is -2.25. The lowest BCUT2D eigenvalue weighted by atomic mass is 9.92. The topological polar surface area (TPSA) is 112 Å². The third kappa shape index (κ3) is 7.01. The molecule has 2 amide bonds. The summed E-state index contributed by atoms with van der Waals surface area (Å²) in [7, 11) is 0. The van der Waals surface area contributed by atoms with Crippen molar-refractivity contribution in [3.05, 3.63) is 48.1 Å². The predicted octanol–water partition coefficient (Wildman–Crippen LogP) is 2.20. The predicted molar refractivity (Wildman–Crippen MR) is 101 cm³/mol. The summed E-state index contributed by atoms with van der Waals surface area (Å²) in [5, 5.41) is 20.9.